The number of ether oxygens (including phenoxy) is 1. The van der Waals surface area contributed by atoms with E-state index in [0.717, 1.165) is 6.42 Å². The first-order valence-electron chi connectivity index (χ1n) is 5.36. The van der Waals surface area contributed by atoms with Crippen LogP contribution >= 0.6 is 0 Å². The van der Waals surface area contributed by atoms with Gasteiger partial charge in [-0.25, -0.2) is 8.42 Å². The van der Waals surface area contributed by atoms with Crippen molar-refractivity contribution in [3.05, 3.63) is 0 Å². The van der Waals surface area contributed by atoms with Gasteiger partial charge in [-0.1, -0.05) is 6.92 Å². The molecular weight excluding hydrogens is 214 g/mol. The number of rotatable bonds is 8. The molecule has 0 saturated carbocycles. The molecule has 0 aliphatic rings. The lowest BCUT2D eigenvalue weighted by Gasteiger charge is -2.19. The van der Waals surface area contributed by atoms with Crippen LogP contribution in [0.5, 0.6) is 0 Å². The highest BCUT2D eigenvalue weighted by molar-refractivity contribution is 7.91. The van der Waals surface area contributed by atoms with E-state index in [-0.39, 0.29) is 23.6 Å². The van der Waals surface area contributed by atoms with E-state index in [9.17, 15) is 8.42 Å². The van der Waals surface area contributed by atoms with Crippen molar-refractivity contribution in [3.8, 4) is 0 Å². The molecule has 0 amide bonds. The molecular formula is C10H23NO3S. The van der Waals surface area contributed by atoms with Gasteiger partial charge in [-0.2, -0.15) is 0 Å². The summed E-state index contributed by atoms with van der Waals surface area (Å²) in [4.78, 5) is 0. The van der Waals surface area contributed by atoms with Gasteiger partial charge in [0, 0.05) is 31.6 Å². The zero-order valence-electron chi connectivity index (χ0n) is 10.1. The molecule has 1 N–H and O–H groups in total. The molecule has 0 heterocycles. The summed E-state index contributed by atoms with van der Waals surface area (Å²) in [6, 6.07) is 0.286. The van der Waals surface area contributed by atoms with E-state index in [4.69, 9.17) is 4.74 Å². The summed E-state index contributed by atoms with van der Waals surface area (Å²) in [6.45, 7) is 6.31. The van der Waals surface area contributed by atoms with Gasteiger partial charge in [-0.15, -0.1) is 0 Å². The van der Waals surface area contributed by atoms with Crippen molar-refractivity contribution in [3.63, 3.8) is 0 Å². The molecule has 0 fully saturated rings. The molecule has 4 nitrogen and oxygen atoms in total. The first-order chi connectivity index (χ1) is 6.91. The zero-order valence-corrected chi connectivity index (χ0v) is 10.9. The molecule has 0 saturated heterocycles. The average Bonchev–Trinajstić information content (AvgIpc) is 2.13. The first kappa shape index (κ1) is 14.9. The molecule has 0 aliphatic heterocycles. The Kier molecular flexibility index (Phi) is 7.13. The third kappa shape index (κ3) is 7.76. The van der Waals surface area contributed by atoms with Crippen LogP contribution in [0.3, 0.4) is 0 Å². The summed E-state index contributed by atoms with van der Waals surface area (Å²) >= 11 is 0. The molecule has 0 aromatic carbocycles. The van der Waals surface area contributed by atoms with E-state index >= 15 is 0 Å². The number of sulfone groups is 1. The fraction of sp³-hybridized carbons (Fsp3) is 1.00. The normalized spacial score (nSPS) is 16.3. The Morgan fingerprint density at radius 1 is 1.27 bits per heavy atom. The number of methoxy groups -OCH3 is 1. The van der Waals surface area contributed by atoms with E-state index < -0.39 is 9.84 Å². The molecule has 2 unspecified atom stereocenters. The number of nitrogens with one attached hydrogen (secondary N) is 1. The van der Waals surface area contributed by atoms with Crippen molar-refractivity contribution >= 4 is 9.84 Å². The minimum atomic E-state index is -2.88. The van der Waals surface area contributed by atoms with E-state index in [1.54, 1.807) is 14.0 Å². The third-order valence-electron chi connectivity index (χ3n) is 2.27. The predicted octanol–water partition coefficient (Wildman–Crippen LogP) is 0.824. The fourth-order valence-corrected chi connectivity index (χ4v) is 2.50. The Labute approximate surface area is 93.3 Å². The topological polar surface area (TPSA) is 55.4 Å². The van der Waals surface area contributed by atoms with Gasteiger partial charge in [0.1, 0.15) is 0 Å². The molecule has 0 bridgehead atoms. The van der Waals surface area contributed by atoms with Crippen molar-refractivity contribution < 1.29 is 13.2 Å². The van der Waals surface area contributed by atoms with Crippen LogP contribution in [0.4, 0.5) is 0 Å². The van der Waals surface area contributed by atoms with Gasteiger partial charge in [0.2, 0.25) is 0 Å². The van der Waals surface area contributed by atoms with Gasteiger partial charge in [0.05, 0.1) is 5.75 Å². The predicted molar refractivity (Wildman–Crippen MR) is 62.9 cm³/mol. The van der Waals surface area contributed by atoms with Crippen molar-refractivity contribution in [2.24, 2.45) is 0 Å². The van der Waals surface area contributed by atoms with Crippen LogP contribution in [0.2, 0.25) is 0 Å². The van der Waals surface area contributed by atoms with Crippen LogP contribution in [0.15, 0.2) is 0 Å². The van der Waals surface area contributed by atoms with Gasteiger partial charge < -0.3 is 10.1 Å². The Bertz CT molecular complexity index is 251. The molecule has 0 aromatic rings. The summed E-state index contributed by atoms with van der Waals surface area (Å²) in [5.74, 6) is 0.423. The monoisotopic (exact) mass is 237 g/mol. The highest BCUT2D eigenvalue weighted by atomic mass is 32.2. The minimum Gasteiger partial charge on any atom is -0.385 e. The molecule has 0 rings (SSSR count). The summed E-state index contributed by atoms with van der Waals surface area (Å²) in [5.41, 5.74) is 0. The summed E-state index contributed by atoms with van der Waals surface area (Å²) in [5, 5.41) is 3.25. The lowest BCUT2D eigenvalue weighted by molar-refractivity contribution is 0.183. The van der Waals surface area contributed by atoms with Crippen molar-refractivity contribution in [1.82, 2.24) is 5.32 Å². The molecule has 92 valence electrons. The Hall–Kier alpha value is -0.130. The van der Waals surface area contributed by atoms with Crippen molar-refractivity contribution in [2.45, 2.75) is 39.3 Å². The Balaban J connectivity index is 3.87. The first-order valence-corrected chi connectivity index (χ1v) is 7.18. The summed E-state index contributed by atoms with van der Waals surface area (Å²) in [6.07, 6.45) is 0.896. The highest BCUT2D eigenvalue weighted by Gasteiger charge is 2.15. The molecule has 0 aliphatic carbocycles. The van der Waals surface area contributed by atoms with Gasteiger partial charge >= 0.3 is 0 Å². The van der Waals surface area contributed by atoms with Crippen LogP contribution in [0, 0.1) is 0 Å². The summed E-state index contributed by atoms with van der Waals surface area (Å²) in [7, 11) is -1.21. The third-order valence-corrected chi connectivity index (χ3v) is 4.16. The number of hydrogen-bond acceptors (Lipinski definition) is 4. The lowest BCUT2D eigenvalue weighted by Crippen LogP contribution is -2.39. The molecule has 0 spiro atoms. The van der Waals surface area contributed by atoms with Crippen LogP contribution in [0.1, 0.15) is 27.2 Å². The molecule has 15 heavy (non-hydrogen) atoms. The van der Waals surface area contributed by atoms with Crippen molar-refractivity contribution in [2.75, 3.05) is 25.2 Å². The fourth-order valence-electron chi connectivity index (χ4n) is 1.41. The molecule has 0 aromatic heterocycles. The van der Waals surface area contributed by atoms with Crippen LogP contribution in [-0.4, -0.2) is 45.7 Å². The maximum Gasteiger partial charge on any atom is 0.151 e. The van der Waals surface area contributed by atoms with Crippen molar-refractivity contribution in [1.29, 1.82) is 0 Å². The van der Waals surface area contributed by atoms with Gasteiger partial charge in [-0.3, -0.25) is 0 Å². The largest absolute Gasteiger partial charge is 0.385 e. The molecule has 5 heteroatoms. The lowest BCUT2D eigenvalue weighted by atomic mass is 10.2. The second kappa shape index (κ2) is 7.19. The van der Waals surface area contributed by atoms with Crippen LogP contribution in [-0.2, 0) is 14.6 Å². The standard InChI is InChI=1S/C10H23NO3S/c1-5-15(12,13)8-10(3)11-9(2)6-7-14-4/h9-11H,5-8H2,1-4H3. The van der Waals surface area contributed by atoms with E-state index in [1.165, 1.54) is 0 Å². The number of hydrogen-bond donors (Lipinski definition) is 1. The van der Waals surface area contributed by atoms with Crippen LogP contribution in [0.25, 0.3) is 0 Å². The van der Waals surface area contributed by atoms with Gasteiger partial charge in [0.15, 0.2) is 9.84 Å². The minimum absolute atomic E-state index is 0.00167. The molecule has 2 atom stereocenters. The Morgan fingerprint density at radius 3 is 2.33 bits per heavy atom. The zero-order chi connectivity index (χ0) is 11.9. The summed E-state index contributed by atoms with van der Waals surface area (Å²) < 4.78 is 27.6. The highest BCUT2D eigenvalue weighted by Crippen LogP contribution is 1.98. The van der Waals surface area contributed by atoms with E-state index in [2.05, 4.69) is 5.32 Å². The van der Waals surface area contributed by atoms with Crippen LogP contribution < -0.4 is 5.32 Å². The van der Waals surface area contributed by atoms with Gasteiger partial charge in [0.25, 0.3) is 0 Å². The van der Waals surface area contributed by atoms with E-state index in [0.29, 0.717) is 6.61 Å². The quantitative estimate of drug-likeness (QED) is 0.679. The smallest absolute Gasteiger partial charge is 0.151 e. The van der Waals surface area contributed by atoms with E-state index in [1.807, 2.05) is 13.8 Å². The maximum absolute atomic E-state index is 11.3. The maximum atomic E-state index is 11.3. The SMILES string of the molecule is CCS(=O)(=O)CC(C)NC(C)CCOC. The second-order valence-corrected chi connectivity index (χ2v) is 6.35. The Morgan fingerprint density at radius 2 is 1.87 bits per heavy atom. The van der Waals surface area contributed by atoms with Gasteiger partial charge in [-0.05, 0) is 20.3 Å². The molecule has 0 radical (unpaired) electrons. The average molecular weight is 237 g/mol. The second-order valence-electron chi connectivity index (χ2n) is 3.95.